The van der Waals surface area contributed by atoms with Crippen molar-refractivity contribution >= 4 is 17.7 Å². The van der Waals surface area contributed by atoms with Crippen molar-refractivity contribution in [1.82, 2.24) is 0 Å². The quantitative estimate of drug-likeness (QED) is 0.351. The molecule has 2 aromatic carbocycles. The monoisotopic (exact) mass is 460 g/mol. The van der Waals surface area contributed by atoms with Crippen molar-refractivity contribution < 1.29 is 24.5 Å². The number of phenols is 1. The van der Waals surface area contributed by atoms with Crippen molar-refractivity contribution in [3.8, 4) is 17.2 Å². The van der Waals surface area contributed by atoms with Gasteiger partial charge in [-0.15, -0.1) is 11.8 Å². The van der Waals surface area contributed by atoms with Gasteiger partial charge in [0.05, 0.1) is 6.61 Å². The third-order valence-corrected chi connectivity index (χ3v) is 5.97. The first kappa shape index (κ1) is 25.9. The zero-order chi connectivity index (χ0) is 24.3. The number of carboxylic acid groups (broad SMARTS) is 1. The first-order chi connectivity index (χ1) is 14.6. The maximum absolute atomic E-state index is 11.2. The van der Waals surface area contributed by atoms with Crippen LogP contribution < -0.4 is 9.47 Å². The van der Waals surface area contributed by atoms with Gasteiger partial charge in [0.15, 0.2) is 5.60 Å². The third-order valence-electron chi connectivity index (χ3n) is 5.03. The number of benzene rings is 2. The van der Waals surface area contributed by atoms with Gasteiger partial charge in [-0.25, -0.2) is 4.79 Å². The van der Waals surface area contributed by atoms with Crippen LogP contribution in [0.15, 0.2) is 41.3 Å². The van der Waals surface area contributed by atoms with Crippen LogP contribution >= 0.6 is 11.8 Å². The molecule has 5 nitrogen and oxygen atoms in total. The number of carboxylic acids is 1. The summed E-state index contributed by atoms with van der Waals surface area (Å²) in [5, 5.41) is 20.0. The Balaban J connectivity index is 2.01. The smallest absolute Gasteiger partial charge is 0.347 e. The van der Waals surface area contributed by atoms with Gasteiger partial charge in [-0.1, -0.05) is 41.5 Å². The molecule has 0 fully saturated rings. The second-order valence-corrected chi connectivity index (χ2v) is 11.6. The van der Waals surface area contributed by atoms with Crippen LogP contribution in [-0.2, 0) is 15.6 Å². The molecule has 0 saturated carbocycles. The first-order valence-electron chi connectivity index (χ1n) is 10.8. The highest BCUT2D eigenvalue weighted by Gasteiger charge is 2.29. The zero-order valence-corrected chi connectivity index (χ0v) is 21.2. The largest absolute Gasteiger partial charge is 0.507 e. The molecule has 176 valence electrons. The summed E-state index contributed by atoms with van der Waals surface area (Å²) < 4.78 is 11.3. The molecule has 0 aliphatic heterocycles. The molecule has 0 aliphatic carbocycles. The summed E-state index contributed by atoms with van der Waals surface area (Å²) in [6.45, 7) is 16.2. The van der Waals surface area contributed by atoms with E-state index in [-0.39, 0.29) is 10.8 Å². The number of thioether (sulfide) groups is 1. The van der Waals surface area contributed by atoms with E-state index in [0.717, 1.165) is 21.8 Å². The van der Waals surface area contributed by atoms with E-state index >= 15 is 0 Å². The Kier molecular flexibility index (Phi) is 7.82. The van der Waals surface area contributed by atoms with E-state index in [1.54, 1.807) is 36.0 Å². The van der Waals surface area contributed by atoms with Gasteiger partial charge in [-0.3, -0.25) is 0 Å². The maximum atomic E-state index is 11.2. The highest BCUT2D eigenvalue weighted by atomic mass is 32.2. The minimum atomic E-state index is -1.29. The van der Waals surface area contributed by atoms with Gasteiger partial charge < -0.3 is 19.7 Å². The number of phenolic OH excluding ortho intramolecular Hbond substituents is 1. The molecular weight excluding hydrogens is 424 g/mol. The normalized spacial score (nSPS) is 12.5. The summed E-state index contributed by atoms with van der Waals surface area (Å²) in [4.78, 5) is 12.3. The molecule has 2 rings (SSSR count). The second-order valence-electron chi connectivity index (χ2n) is 10.5. The molecule has 32 heavy (non-hydrogen) atoms. The fourth-order valence-electron chi connectivity index (χ4n) is 3.10. The number of carbonyl (C=O) groups is 1. The maximum Gasteiger partial charge on any atom is 0.347 e. The van der Waals surface area contributed by atoms with Gasteiger partial charge >= 0.3 is 5.97 Å². The fourth-order valence-corrected chi connectivity index (χ4v) is 3.90. The van der Waals surface area contributed by atoms with Crippen molar-refractivity contribution in [3.05, 3.63) is 47.5 Å². The van der Waals surface area contributed by atoms with Crippen LogP contribution in [0.1, 0.15) is 66.5 Å². The Labute approximate surface area is 196 Å². The summed E-state index contributed by atoms with van der Waals surface area (Å²) in [5.41, 5.74) is 0.300. The van der Waals surface area contributed by atoms with Crippen LogP contribution in [0.3, 0.4) is 0 Å². The van der Waals surface area contributed by atoms with Crippen molar-refractivity contribution in [3.63, 3.8) is 0 Å². The molecule has 0 radical (unpaired) electrons. The Hall–Kier alpha value is -2.34. The lowest BCUT2D eigenvalue weighted by molar-refractivity contribution is -0.152. The van der Waals surface area contributed by atoms with E-state index in [4.69, 9.17) is 14.6 Å². The number of hydrogen-bond donors (Lipinski definition) is 2. The molecule has 0 aromatic heterocycles. The summed E-state index contributed by atoms with van der Waals surface area (Å²) in [5.74, 6) is 1.30. The molecular formula is C26H36O5S. The Morgan fingerprint density at radius 2 is 1.34 bits per heavy atom. The molecule has 0 unspecified atom stereocenters. The van der Waals surface area contributed by atoms with Crippen molar-refractivity contribution in [2.45, 2.75) is 76.7 Å². The van der Waals surface area contributed by atoms with E-state index in [0.29, 0.717) is 23.9 Å². The molecule has 2 aromatic rings. The summed E-state index contributed by atoms with van der Waals surface area (Å²) >= 11 is 1.70. The van der Waals surface area contributed by atoms with Gasteiger partial charge in [-0.05, 0) is 61.1 Å². The Morgan fingerprint density at radius 3 is 1.78 bits per heavy atom. The summed E-state index contributed by atoms with van der Waals surface area (Å²) in [7, 11) is 0. The lowest BCUT2D eigenvalue weighted by atomic mass is 9.79. The van der Waals surface area contributed by atoms with Gasteiger partial charge in [0, 0.05) is 21.8 Å². The van der Waals surface area contributed by atoms with Crippen LogP contribution in [0.5, 0.6) is 17.2 Å². The zero-order valence-electron chi connectivity index (χ0n) is 20.4. The highest BCUT2D eigenvalue weighted by Crippen LogP contribution is 2.41. The topological polar surface area (TPSA) is 76.0 Å². The second kappa shape index (κ2) is 9.65. The standard InChI is InChI=1S/C26H36O5S/c1-24(2,3)20-15-19(16-21(22(20)27)25(4,5)6)32-14-13-30-17-9-11-18(12-10-17)31-26(7,8)23(28)29/h9-12,15-16,27H,13-14H2,1-8H3,(H,28,29). The Bertz CT molecular complexity index is 899. The van der Waals surface area contributed by atoms with Crippen molar-refractivity contribution in [2.24, 2.45) is 0 Å². The first-order valence-corrected chi connectivity index (χ1v) is 11.8. The highest BCUT2D eigenvalue weighted by molar-refractivity contribution is 7.99. The van der Waals surface area contributed by atoms with E-state index in [9.17, 15) is 9.90 Å². The van der Waals surface area contributed by atoms with Crippen LogP contribution in [-0.4, -0.2) is 34.1 Å². The summed E-state index contributed by atoms with van der Waals surface area (Å²) in [6, 6.07) is 11.1. The van der Waals surface area contributed by atoms with Gasteiger partial charge in [0.2, 0.25) is 0 Å². The van der Waals surface area contributed by atoms with Crippen LogP contribution in [0.4, 0.5) is 0 Å². The predicted octanol–water partition coefficient (Wildman–Crippen LogP) is 6.40. The molecule has 0 atom stereocenters. The minimum Gasteiger partial charge on any atom is -0.507 e. The SMILES string of the molecule is CC(C)(Oc1ccc(OCCSc2cc(C(C)(C)C)c(O)c(C(C)(C)C)c2)cc1)C(=O)O. The third kappa shape index (κ3) is 6.83. The molecule has 0 amide bonds. The fraction of sp³-hybridized carbons (Fsp3) is 0.500. The molecule has 0 spiro atoms. The number of hydrogen-bond acceptors (Lipinski definition) is 5. The van der Waals surface area contributed by atoms with Crippen molar-refractivity contribution in [1.29, 1.82) is 0 Å². The summed E-state index contributed by atoms with van der Waals surface area (Å²) in [6.07, 6.45) is 0. The lowest BCUT2D eigenvalue weighted by Gasteiger charge is -2.28. The van der Waals surface area contributed by atoms with Crippen LogP contribution in [0.2, 0.25) is 0 Å². The van der Waals surface area contributed by atoms with E-state index in [1.807, 2.05) is 0 Å². The number of aliphatic carboxylic acids is 1. The van der Waals surface area contributed by atoms with E-state index in [1.165, 1.54) is 13.8 Å². The average molecular weight is 461 g/mol. The van der Waals surface area contributed by atoms with Crippen LogP contribution in [0, 0.1) is 0 Å². The molecule has 0 bridgehead atoms. The van der Waals surface area contributed by atoms with Gasteiger partial charge in [0.1, 0.15) is 17.2 Å². The van der Waals surface area contributed by atoms with E-state index in [2.05, 4.69) is 53.7 Å². The number of aromatic hydroxyl groups is 1. The molecule has 0 aliphatic rings. The molecule has 2 N–H and O–H groups in total. The van der Waals surface area contributed by atoms with E-state index < -0.39 is 11.6 Å². The van der Waals surface area contributed by atoms with Gasteiger partial charge in [-0.2, -0.15) is 0 Å². The van der Waals surface area contributed by atoms with Gasteiger partial charge in [0.25, 0.3) is 0 Å². The van der Waals surface area contributed by atoms with Crippen molar-refractivity contribution in [2.75, 3.05) is 12.4 Å². The minimum absolute atomic E-state index is 0.157. The molecule has 0 saturated heterocycles. The lowest BCUT2D eigenvalue weighted by Crippen LogP contribution is -2.37. The predicted molar refractivity (Wildman–Crippen MR) is 131 cm³/mol. The average Bonchev–Trinajstić information content (AvgIpc) is 2.65. The molecule has 6 heteroatoms. The van der Waals surface area contributed by atoms with Crippen LogP contribution in [0.25, 0.3) is 0 Å². The number of ether oxygens (including phenoxy) is 2. The number of rotatable bonds is 8. The Morgan fingerprint density at radius 1 is 0.875 bits per heavy atom. The molecule has 0 heterocycles.